The molecule has 1 heterocycles. The summed E-state index contributed by atoms with van der Waals surface area (Å²) in [5.41, 5.74) is 0.715. The van der Waals surface area contributed by atoms with E-state index in [0.29, 0.717) is 6.42 Å². The third kappa shape index (κ3) is 3.22. The molecule has 3 rings (SSSR count). The van der Waals surface area contributed by atoms with Crippen molar-refractivity contribution in [3.63, 3.8) is 0 Å². The van der Waals surface area contributed by atoms with E-state index in [9.17, 15) is 23.3 Å². The average Bonchev–Trinajstić information content (AvgIpc) is 3.14. The van der Waals surface area contributed by atoms with Crippen LogP contribution in [0.5, 0.6) is 0 Å². The lowest BCUT2D eigenvalue weighted by atomic mass is 10.1. The third-order valence-electron chi connectivity index (χ3n) is 3.88. The number of benzene rings is 1. The molecule has 2 aromatic rings. The minimum atomic E-state index is -4.07. The second kappa shape index (κ2) is 6.45. The van der Waals surface area contributed by atoms with Gasteiger partial charge in [0.1, 0.15) is 5.00 Å². The summed E-state index contributed by atoms with van der Waals surface area (Å²) < 4.78 is 32.3. The molecule has 8 nitrogen and oxygen atoms in total. The molecule has 1 aliphatic rings. The van der Waals surface area contributed by atoms with Crippen LogP contribution in [0.25, 0.3) is 0 Å². The molecule has 0 bridgehead atoms. The van der Waals surface area contributed by atoms with Crippen molar-refractivity contribution in [3.8, 4) is 0 Å². The van der Waals surface area contributed by atoms with Crippen LogP contribution in [0.2, 0.25) is 0 Å². The summed E-state index contributed by atoms with van der Waals surface area (Å²) in [6.07, 6.45) is 2.38. The van der Waals surface area contributed by atoms with Gasteiger partial charge in [0.25, 0.3) is 15.7 Å². The van der Waals surface area contributed by atoms with E-state index in [-0.39, 0.29) is 21.1 Å². The van der Waals surface area contributed by atoms with E-state index in [1.165, 1.54) is 36.6 Å². The number of nitro benzene ring substituents is 1. The average molecular weight is 382 g/mol. The number of nitrogens with one attached hydrogen (secondary N) is 1. The summed E-state index contributed by atoms with van der Waals surface area (Å²) in [7, 11) is -2.84. The molecule has 132 valence electrons. The molecule has 1 N–H and O–H groups in total. The first kappa shape index (κ1) is 17.4. The number of hydrogen-bond donors (Lipinski definition) is 1. The SMILES string of the molecule is COC(=O)c1c(NS(=O)(=O)c2cccc([N+](=O)[O-])c2)sc2c1CCC2. The van der Waals surface area contributed by atoms with E-state index in [2.05, 4.69) is 4.72 Å². The van der Waals surface area contributed by atoms with Crippen LogP contribution in [-0.2, 0) is 27.6 Å². The number of sulfonamides is 1. The topological polar surface area (TPSA) is 116 Å². The standard InChI is InChI=1S/C15H14N2O6S2/c1-23-15(18)13-11-6-3-7-12(11)24-14(13)16-25(21,22)10-5-2-4-9(8-10)17(19)20/h2,4-5,8,16H,3,6-7H2,1H3. The van der Waals surface area contributed by atoms with Gasteiger partial charge in [0.2, 0.25) is 0 Å². The Kier molecular flexibility index (Phi) is 4.48. The number of nitro groups is 1. The Morgan fingerprint density at radius 2 is 2.12 bits per heavy atom. The molecule has 0 amide bonds. The van der Waals surface area contributed by atoms with Crippen LogP contribution >= 0.6 is 11.3 Å². The zero-order valence-corrected chi connectivity index (χ0v) is 14.8. The molecule has 0 atom stereocenters. The number of carbonyl (C=O) groups excluding carboxylic acids is 1. The first-order valence-corrected chi connectivity index (χ1v) is 9.63. The van der Waals surface area contributed by atoms with Crippen LogP contribution in [0.3, 0.4) is 0 Å². The number of anilines is 1. The highest BCUT2D eigenvalue weighted by Gasteiger charge is 2.30. The van der Waals surface area contributed by atoms with E-state index < -0.39 is 20.9 Å². The molecular weight excluding hydrogens is 368 g/mol. The number of ether oxygens (including phenoxy) is 1. The minimum Gasteiger partial charge on any atom is -0.465 e. The summed E-state index contributed by atoms with van der Waals surface area (Å²) in [5, 5.41) is 11.0. The predicted octanol–water partition coefficient (Wildman–Crippen LogP) is 2.73. The van der Waals surface area contributed by atoms with Crippen LogP contribution in [-0.4, -0.2) is 26.4 Å². The molecule has 0 fully saturated rings. The highest BCUT2D eigenvalue weighted by molar-refractivity contribution is 7.93. The van der Waals surface area contributed by atoms with Crippen LogP contribution in [0.15, 0.2) is 29.2 Å². The molecule has 0 radical (unpaired) electrons. The maximum absolute atomic E-state index is 12.6. The molecule has 1 aromatic carbocycles. The lowest BCUT2D eigenvalue weighted by molar-refractivity contribution is -0.385. The molecule has 0 saturated carbocycles. The number of esters is 1. The Morgan fingerprint density at radius 3 is 2.80 bits per heavy atom. The highest BCUT2D eigenvalue weighted by atomic mass is 32.2. The Morgan fingerprint density at radius 1 is 1.36 bits per heavy atom. The molecule has 0 unspecified atom stereocenters. The van der Waals surface area contributed by atoms with Crippen molar-refractivity contribution in [1.82, 2.24) is 0 Å². The smallest absolute Gasteiger partial charge is 0.341 e. The van der Waals surface area contributed by atoms with Crippen LogP contribution in [0.4, 0.5) is 10.7 Å². The summed E-state index contributed by atoms with van der Waals surface area (Å²) in [4.78, 5) is 23.0. The van der Waals surface area contributed by atoms with E-state index in [1.54, 1.807) is 0 Å². The number of carbonyl (C=O) groups is 1. The van der Waals surface area contributed by atoms with E-state index in [1.807, 2.05) is 0 Å². The number of methoxy groups -OCH3 is 1. The number of thiophene rings is 1. The predicted molar refractivity (Wildman–Crippen MR) is 91.6 cm³/mol. The van der Waals surface area contributed by atoms with Gasteiger partial charge in [-0.3, -0.25) is 14.8 Å². The fourth-order valence-electron chi connectivity index (χ4n) is 2.74. The van der Waals surface area contributed by atoms with E-state index >= 15 is 0 Å². The lowest BCUT2D eigenvalue weighted by Crippen LogP contribution is -2.15. The Bertz CT molecular complexity index is 964. The van der Waals surface area contributed by atoms with Gasteiger partial charge >= 0.3 is 5.97 Å². The second-order valence-electron chi connectivity index (χ2n) is 5.41. The molecule has 0 spiro atoms. The first-order chi connectivity index (χ1) is 11.8. The second-order valence-corrected chi connectivity index (χ2v) is 8.20. The van der Waals surface area contributed by atoms with E-state index in [0.717, 1.165) is 29.3 Å². The first-order valence-electron chi connectivity index (χ1n) is 7.33. The quantitative estimate of drug-likeness (QED) is 0.483. The zero-order valence-electron chi connectivity index (χ0n) is 13.1. The summed E-state index contributed by atoms with van der Waals surface area (Å²) in [6, 6.07) is 4.73. The number of non-ortho nitro benzene ring substituents is 1. The molecule has 10 heteroatoms. The van der Waals surface area contributed by atoms with Crippen LogP contribution in [0, 0.1) is 10.1 Å². The molecule has 1 aromatic heterocycles. The van der Waals surface area contributed by atoms with Gasteiger partial charge in [0, 0.05) is 17.0 Å². The van der Waals surface area contributed by atoms with Crippen molar-refractivity contribution in [2.24, 2.45) is 0 Å². The maximum atomic E-state index is 12.6. The van der Waals surface area contributed by atoms with Crippen molar-refractivity contribution >= 4 is 38.0 Å². The van der Waals surface area contributed by atoms with Gasteiger partial charge in [-0.2, -0.15) is 0 Å². The van der Waals surface area contributed by atoms with Crippen molar-refractivity contribution in [2.45, 2.75) is 24.2 Å². The van der Waals surface area contributed by atoms with Crippen molar-refractivity contribution < 1.29 is 22.9 Å². The Hall–Kier alpha value is -2.46. The normalized spacial score (nSPS) is 13.3. The summed E-state index contributed by atoms with van der Waals surface area (Å²) in [5.74, 6) is -0.601. The van der Waals surface area contributed by atoms with Crippen LogP contribution < -0.4 is 4.72 Å². The minimum absolute atomic E-state index is 0.183. The number of hydrogen-bond acceptors (Lipinski definition) is 7. The Balaban J connectivity index is 2.01. The van der Waals surface area contributed by atoms with Gasteiger partial charge in [-0.05, 0) is 30.9 Å². The number of fused-ring (bicyclic) bond motifs is 1. The molecule has 1 aliphatic carbocycles. The number of aryl methyl sites for hydroxylation is 1. The lowest BCUT2D eigenvalue weighted by Gasteiger charge is -2.09. The van der Waals surface area contributed by atoms with Crippen LogP contribution in [0.1, 0.15) is 27.2 Å². The molecule has 0 saturated heterocycles. The highest BCUT2D eigenvalue weighted by Crippen LogP contribution is 2.40. The molecule has 25 heavy (non-hydrogen) atoms. The Labute approximate surface area is 147 Å². The summed E-state index contributed by atoms with van der Waals surface area (Å²) in [6.45, 7) is 0. The van der Waals surface area contributed by atoms with Gasteiger partial charge < -0.3 is 4.74 Å². The fraction of sp³-hybridized carbons (Fsp3) is 0.267. The van der Waals surface area contributed by atoms with Crippen molar-refractivity contribution in [2.75, 3.05) is 11.8 Å². The monoisotopic (exact) mass is 382 g/mol. The molecular formula is C15H14N2O6S2. The number of nitrogens with zero attached hydrogens (tertiary/aromatic N) is 1. The number of rotatable bonds is 5. The van der Waals surface area contributed by atoms with E-state index in [4.69, 9.17) is 4.74 Å². The zero-order chi connectivity index (χ0) is 18.2. The third-order valence-corrected chi connectivity index (χ3v) is 6.56. The fourth-order valence-corrected chi connectivity index (χ4v) is 5.36. The van der Waals surface area contributed by atoms with Gasteiger partial charge in [-0.25, -0.2) is 13.2 Å². The van der Waals surface area contributed by atoms with Gasteiger partial charge in [0.15, 0.2) is 0 Å². The van der Waals surface area contributed by atoms with Gasteiger partial charge in [0.05, 0.1) is 22.5 Å². The largest absolute Gasteiger partial charge is 0.465 e. The van der Waals surface area contributed by atoms with Crippen molar-refractivity contribution in [3.05, 3.63) is 50.4 Å². The van der Waals surface area contributed by atoms with Crippen molar-refractivity contribution in [1.29, 1.82) is 0 Å². The van der Waals surface area contributed by atoms with Gasteiger partial charge in [-0.1, -0.05) is 6.07 Å². The maximum Gasteiger partial charge on any atom is 0.341 e. The summed E-state index contributed by atoms with van der Waals surface area (Å²) >= 11 is 1.20. The molecule has 0 aliphatic heterocycles. The van der Waals surface area contributed by atoms with Gasteiger partial charge in [-0.15, -0.1) is 11.3 Å².